The summed E-state index contributed by atoms with van der Waals surface area (Å²) in [5.41, 5.74) is 7.50. The van der Waals surface area contributed by atoms with Crippen molar-refractivity contribution in [2.75, 3.05) is 6.54 Å². The Kier molecular flexibility index (Phi) is 4.04. The molecule has 1 aromatic rings. The van der Waals surface area contributed by atoms with E-state index in [0.717, 1.165) is 24.0 Å². The highest BCUT2D eigenvalue weighted by Gasteiger charge is 2.32. The van der Waals surface area contributed by atoms with Gasteiger partial charge in [-0.3, -0.25) is 0 Å². The first kappa shape index (κ1) is 13.5. The smallest absolute Gasteiger partial charge is 0.216 e. The quantitative estimate of drug-likeness (QED) is 0.813. The molecule has 0 heterocycles. The second-order valence-corrected chi connectivity index (χ2v) is 6.80. The maximum Gasteiger partial charge on any atom is 0.216 e. The average molecular weight is 268 g/mol. The van der Waals surface area contributed by atoms with Gasteiger partial charge in [0.15, 0.2) is 0 Å². The number of benzene rings is 1. The molecule has 1 aliphatic carbocycles. The second kappa shape index (κ2) is 5.38. The van der Waals surface area contributed by atoms with Crippen molar-refractivity contribution in [3.8, 4) is 0 Å². The first-order chi connectivity index (χ1) is 8.50. The first-order valence-corrected chi connectivity index (χ1v) is 7.91. The van der Waals surface area contributed by atoms with E-state index in [1.54, 1.807) is 0 Å². The molecule has 1 unspecified atom stereocenters. The maximum absolute atomic E-state index is 12.0. The minimum Gasteiger partial charge on any atom is -0.329 e. The Hall–Kier alpha value is -0.910. The predicted molar refractivity (Wildman–Crippen MR) is 72.5 cm³/mol. The van der Waals surface area contributed by atoms with Crippen LogP contribution in [0.3, 0.4) is 0 Å². The molecule has 1 aliphatic rings. The van der Waals surface area contributed by atoms with Gasteiger partial charge in [-0.05, 0) is 31.2 Å². The molecule has 0 saturated heterocycles. The highest BCUT2D eigenvalue weighted by atomic mass is 32.2. The largest absolute Gasteiger partial charge is 0.329 e. The van der Waals surface area contributed by atoms with Crippen molar-refractivity contribution >= 4 is 10.0 Å². The van der Waals surface area contributed by atoms with Gasteiger partial charge < -0.3 is 5.73 Å². The number of hydrogen-bond acceptors (Lipinski definition) is 3. The zero-order chi connectivity index (χ0) is 13.2. The van der Waals surface area contributed by atoms with Crippen LogP contribution in [0.1, 0.15) is 24.0 Å². The molecule has 1 fully saturated rings. The Balaban J connectivity index is 2.02. The highest BCUT2D eigenvalue weighted by molar-refractivity contribution is 7.88. The molecular formula is C13H20N2O2S. The van der Waals surface area contributed by atoms with Gasteiger partial charge in [-0.15, -0.1) is 0 Å². The molecule has 0 aromatic heterocycles. The Bertz CT molecular complexity index is 509. The molecule has 2 rings (SSSR count). The van der Waals surface area contributed by atoms with Crippen LogP contribution in [0, 0.1) is 12.8 Å². The van der Waals surface area contributed by atoms with E-state index in [1.807, 2.05) is 31.2 Å². The second-order valence-electron chi connectivity index (χ2n) is 5.05. The van der Waals surface area contributed by atoms with Gasteiger partial charge in [-0.2, -0.15) is 0 Å². The maximum atomic E-state index is 12.0. The van der Waals surface area contributed by atoms with Crippen LogP contribution < -0.4 is 10.5 Å². The van der Waals surface area contributed by atoms with Gasteiger partial charge in [0.05, 0.1) is 5.75 Å². The van der Waals surface area contributed by atoms with E-state index >= 15 is 0 Å². The fraction of sp³-hybridized carbons (Fsp3) is 0.538. The standard InChI is InChI=1S/C13H20N2O2S/c1-10-3-2-4-11(7-10)9-18(16,17)15-13(8-14)12-5-6-12/h2-4,7,12-13,15H,5-6,8-9,14H2,1H3. The topological polar surface area (TPSA) is 72.2 Å². The lowest BCUT2D eigenvalue weighted by Crippen LogP contribution is -2.42. The van der Waals surface area contributed by atoms with Gasteiger partial charge in [0.25, 0.3) is 0 Å². The summed E-state index contributed by atoms with van der Waals surface area (Å²) in [6.07, 6.45) is 2.16. The van der Waals surface area contributed by atoms with E-state index in [0.29, 0.717) is 12.5 Å². The van der Waals surface area contributed by atoms with Crippen LogP contribution in [0.5, 0.6) is 0 Å². The summed E-state index contributed by atoms with van der Waals surface area (Å²) in [5, 5.41) is 0. The lowest BCUT2D eigenvalue weighted by molar-refractivity contribution is 0.518. The third-order valence-electron chi connectivity index (χ3n) is 3.22. The van der Waals surface area contributed by atoms with Gasteiger partial charge in [0.2, 0.25) is 10.0 Å². The van der Waals surface area contributed by atoms with Crippen LogP contribution in [-0.2, 0) is 15.8 Å². The van der Waals surface area contributed by atoms with Crippen molar-refractivity contribution in [3.05, 3.63) is 35.4 Å². The summed E-state index contributed by atoms with van der Waals surface area (Å²) in [4.78, 5) is 0. The minimum absolute atomic E-state index is 0.0257. The van der Waals surface area contributed by atoms with Crippen LogP contribution in [0.25, 0.3) is 0 Å². The monoisotopic (exact) mass is 268 g/mol. The van der Waals surface area contributed by atoms with Gasteiger partial charge in [-0.25, -0.2) is 13.1 Å². The number of rotatable bonds is 6. The predicted octanol–water partition coefficient (Wildman–Crippen LogP) is 1.15. The van der Waals surface area contributed by atoms with Crippen molar-refractivity contribution in [1.82, 2.24) is 4.72 Å². The fourth-order valence-electron chi connectivity index (χ4n) is 2.13. The fourth-order valence-corrected chi connectivity index (χ4v) is 3.58. The Morgan fingerprint density at radius 3 is 2.72 bits per heavy atom. The third-order valence-corrected chi connectivity index (χ3v) is 4.59. The van der Waals surface area contributed by atoms with E-state index in [2.05, 4.69) is 4.72 Å². The molecule has 0 aliphatic heterocycles. The van der Waals surface area contributed by atoms with Crippen LogP contribution in [-0.4, -0.2) is 21.0 Å². The number of sulfonamides is 1. The molecule has 3 N–H and O–H groups in total. The SMILES string of the molecule is Cc1cccc(CS(=O)(=O)NC(CN)C2CC2)c1. The Labute approximate surface area is 109 Å². The van der Waals surface area contributed by atoms with Gasteiger partial charge in [-0.1, -0.05) is 29.8 Å². The summed E-state index contributed by atoms with van der Waals surface area (Å²) >= 11 is 0. The molecule has 1 aromatic carbocycles. The number of hydrogen-bond donors (Lipinski definition) is 2. The molecule has 1 atom stereocenters. The van der Waals surface area contributed by atoms with Crippen LogP contribution in [0.2, 0.25) is 0 Å². The van der Waals surface area contributed by atoms with E-state index in [4.69, 9.17) is 5.73 Å². The van der Waals surface area contributed by atoms with E-state index < -0.39 is 10.0 Å². The Morgan fingerprint density at radius 2 is 2.17 bits per heavy atom. The molecule has 18 heavy (non-hydrogen) atoms. The van der Waals surface area contributed by atoms with Gasteiger partial charge in [0, 0.05) is 12.6 Å². The normalized spacial score (nSPS) is 17.7. The average Bonchev–Trinajstić information content (AvgIpc) is 3.09. The zero-order valence-electron chi connectivity index (χ0n) is 10.6. The molecular weight excluding hydrogens is 248 g/mol. The summed E-state index contributed by atoms with van der Waals surface area (Å²) < 4.78 is 26.8. The number of nitrogens with one attached hydrogen (secondary N) is 1. The molecule has 0 spiro atoms. The summed E-state index contributed by atoms with van der Waals surface area (Å²) in [6, 6.07) is 7.46. The van der Waals surface area contributed by atoms with Crippen LogP contribution in [0.4, 0.5) is 0 Å². The molecule has 1 saturated carbocycles. The number of aryl methyl sites for hydroxylation is 1. The molecule has 100 valence electrons. The first-order valence-electron chi connectivity index (χ1n) is 6.26. The van der Waals surface area contributed by atoms with Gasteiger partial charge >= 0.3 is 0 Å². The lowest BCUT2D eigenvalue weighted by atomic mass is 10.2. The van der Waals surface area contributed by atoms with E-state index in [1.165, 1.54) is 0 Å². The van der Waals surface area contributed by atoms with Crippen molar-refractivity contribution in [2.45, 2.75) is 31.6 Å². The van der Waals surface area contributed by atoms with Crippen molar-refractivity contribution in [2.24, 2.45) is 11.7 Å². The van der Waals surface area contributed by atoms with E-state index in [9.17, 15) is 8.42 Å². The van der Waals surface area contributed by atoms with Crippen molar-refractivity contribution < 1.29 is 8.42 Å². The molecule has 4 nitrogen and oxygen atoms in total. The molecule has 0 radical (unpaired) electrons. The third kappa shape index (κ3) is 3.80. The summed E-state index contributed by atoms with van der Waals surface area (Å²) in [7, 11) is -3.30. The van der Waals surface area contributed by atoms with E-state index in [-0.39, 0.29) is 11.8 Å². The zero-order valence-corrected chi connectivity index (χ0v) is 11.4. The van der Waals surface area contributed by atoms with Crippen molar-refractivity contribution in [3.63, 3.8) is 0 Å². The van der Waals surface area contributed by atoms with Crippen molar-refractivity contribution in [1.29, 1.82) is 0 Å². The molecule has 0 amide bonds. The lowest BCUT2D eigenvalue weighted by Gasteiger charge is -2.16. The highest BCUT2D eigenvalue weighted by Crippen LogP contribution is 2.32. The summed E-state index contributed by atoms with van der Waals surface area (Å²) in [5.74, 6) is 0.458. The molecule has 0 bridgehead atoms. The Morgan fingerprint density at radius 1 is 1.44 bits per heavy atom. The minimum atomic E-state index is -3.30. The van der Waals surface area contributed by atoms with Crippen LogP contribution in [0.15, 0.2) is 24.3 Å². The van der Waals surface area contributed by atoms with Gasteiger partial charge in [0.1, 0.15) is 0 Å². The van der Waals surface area contributed by atoms with Crippen LogP contribution >= 0.6 is 0 Å². The number of nitrogens with two attached hydrogens (primary N) is 1. The summed E-state index contributed by atoms with van der Waals surface area (Å²) in [6.45, 7) is 2.33. The molecule has 5 heteroatoms.